The lowest BCUT2D eigenvalue weighted by atomic mass is 9.85. The van der Waals surface area contributed by atoms with E-state index in [1.807, 2.05) is 0 Å². The van der Waals surface area contributed by atoms with E-state index in [4.69, 9.17) is 5.11 Å². The lowest BCUT2D eigenvalue weighted by Crippen LogP contribution is -2.36. The van der Waals surface area contributed by atoms with Crippen molar-refractivity contribution in [2.75, 3.05) is 0 Å². The van der Waals surface area contributed by atoms with Gasteiger partial charge in [0.2, 0.25) is 6.41 Å². The lowest BCUT2D eigenvalue weighted by Gasteiger charge is -2.22. The van der Waals surface area contributed by atoms with Crippen molar-refractivity contribution >= 4 is 12.4 Å². The second-order valence-electron chi connectivity index (χ2n) is 4.26. The summed E-state index contributed by atoms with van der Waals surface area (Å²) in [4.78, 5) is 20.9. The van der Waals surface area contributed by atoms with Gasteiger partial charge in [-0.1, -0.05) is 32.1 Å². The largest absolute Gasteiger partial charge is 0.480 e. The Bertz CT molecular complexity index is 212. The van der Waals surface area contributed by atoms with Crippen molar-refractivity contribution in [3.63, 3.8) is 0 Å². The molecule has 1 aliphatic carbocycles. The van der Waals surface area contributed by atoms with Gasteiger partial charge in [0.05, 0.1) is 0 Å². The van der Waals surface area contributed by atoms with E-state index in [0.29, 0.717) is 18.7 Å². The summed E-state index contributed by atoms with van der Waals surface area (Å²) in [7, 11) is 0. The van der Waals surface area contributed by atoms with Crippen molar-refractivity contribution in [3.8, 4) is 0 Å². The smallest absolute Gasteiger partial charge is 0.326 e. The fourth-order valence-electron chi connectivity index (χ4n) is 2.24. The second kappa shape index (κ2) is 6.43. The van der Waals surface area contributed by atoms with Crippen LogP contribution in [0.5, 0.6) is 0 Å². The molecular weight excluding hydrogens is 194 g/mol. The molecule has 0 unspecified atom stereocenters. The van der Waals surface area contributed by atoms with Gasteiger partial charge in [-0.05, 0) is 18.8 Å². The molecule has 0 bridgehead atoms. The highest BCUT2D eigenvalue weighted by Crippen LogP contribution is 2.27. The molecule has 0 heterocycles. The van der Waals surface area contributed by atoms with Crippen molar-refractivity contribution in [1.29, 1.82) is 0 Å². The lowest BCUT2D eigenvalue weighted by molar-refractivity contribution is -0.140. The van der Waals surface area contributed by atoms with Crippen molar-refractivity contribution in [2.24, 2.45) is 5.92 Å². The summed E-state index contributed by atoms with van der Waals surface area (Å²) in [5.74, 6) is -0.271. The quantitative estimate of drug-likeness (QED) is 0.658. The van der Waals surface area contributed by atoms with Crippen LogP contribution < -0.4 is 5.32 Å². The number of carboxylic acids is 1. The van der Waals surface area contributed by atoms with Gasteiger partial charge >= 0.3 is 5.97 Å². The van der Waals surface area contributed by atoms with Crippen LogP contribution in [-0.2, 0) is 9.59 Å². The van der Waals surface area contributed by atoms with Crippen LogP contribution in [0.1, 0.15) is 44.9 Å². The van der Waals surface area contributed by atoms with Gasteiger partial charge < -0.3 is 10.4 Å². The number of carbonyl (C=O) groups excluding carboxylic acids is 1. The Morgan fingerprint density at radius 1 is 1.40 bits per heavy atom. The SMILES string of the molecule is O=CN[C@@H](CCC1CCCCC1)C(=O)O. The molecule has 0 aromatic carbocycles. The molecule has 4 nitrogen and oxygen atoms in total. The molecule has 1 aliphatic rings. The zero-order valence-electron chi connectivity index (χ0n) is 8.95. The summed E-state index contributed by atoms with van der Waals surface area (Å²) < 4.78 is 0. The average molecular weight is 213 g/mol. The molecule has 0 aromatic rings. The molecule has 1 atom stereocenters. The molecule has 0 saturated heterocycles. The van der Waals surface area contributed by atoms with Crippen LogP contribution in [0.2, 0.25) is 0 Å². The molecule has 0 aromatic heterocycles. The standard InChI is InChI=1S/C11H19NO3/c13-8-12-10(11(14)15)7-6-9-4-2-1-3-5-9/h8-10H,1-7H2,(H,12,13)(H,14,15)/t10-/m0/s1. The molecule has 1 fully saturated rings. The van der Waals surface area contributed by atoms with Crippen LogP contribution >= 0.6 is 0 Å². The maximum atomic E-state index is 10.7. The first kappa shape index (κ1) is 12.0. The van der Waals surface area contributed by atoms with Gasteiger partial charge in [-0.15, -0.1) is 0 Å². The Hall–Kier alpha value is -1.06. The predicted molar refractivity (Wildman–Crippen MR) is 56.4 cm³/mol. The minimum absolute atomic E-state index is 0.472. The summed E-state index contributed by atoms with van der Waals surface area (Å²) in [6, 6.07) is -0.704. The summed E-state index contributed by atoms with van der Waals surface area (Å²) in [5, 5.41) is 11.2. The zero-order valence-corrected chi connectivity index (χ0v) is 8.95. The number of hydrogen-bond donors (Lipinski definition) is 2. The van der Waals surface area contributed by atoms with Crippen molar-refractivity contribution in [2.45, 2.75) is 51.0 Å². The molecule has 0 spiro atoms. The number of nitrogens with one attached hydrogen (secondary N) is 1. The molecule has 15 heavy (non-hydrogen) atoms. The van der Waals surface area contributed by atoms with Crippen molar-refractivity contribution in [1.82, 2.24) is 5.32 Å². The highest BCUT2D eigenvalue weighted by atomic mass is 16.4. The molecule has 1 amide bonds. The van der Waals surface area contributed by atoms with E-state index in [1.165, 1.54) is 32.1 Å². The summed E-state index contributed by atoms with van der Waals surface area (Å²) in [6.45, 7) is 0. The Morgan fingerprint density at radius 3 is 2.60 bits per heavy atom. The van der Waals surface area contributed by atoms with E-state index >= 15 is 0 Å². The molecule has 0 radical (unpaired) electrons. The molecule has 4 heteroatoms. The minimum atomic E-state index is -0.932. The van der Waals surface area contributed by atoms with Gasteiger partial charge in [0.1, 0.15) is 6.04 Å². The van der Waals surface area contributed by atoms with Gasteiger partial charge in [-0.3, -0.25) is 4.79 Å². The van der Waals surface area contributed by atoms with Crippen molar-refractivity contribution < 1.29 is 14.7 Å². The first-order valence-corrected chi connectivity index (χ1v) is 5.66. The number of carboxylic acid groups (broad SMARTS) is 1. The molecule has 2 N–H and O–H groups in total. The first-order chi connectivity index (χ1) is 7.24. The third-order valence-electron chi connectivity index (χ3n) is 3.16. The second-order valence-corrected chi connectivity index (χ2v) is 4.26. The molecule has 1 saturated carbocycles. The third kappa shape index (κ3) is 4.32. The average Bonchev–Trinajstić information content (AvgIpc) is 2.25. The van der Waals surface area contributed by atoms with Gasteiger partial charge in [-0.25, -0.2) is 4.79 Å². The van der Waals surface area contributed by atoms with Crippen molar-refractivity contribution in [3.05, 3.63) is 0 Å². The van der Waals surface area contributed by atoms with E-state index in [-0.39, 0.29) is 0 Å². The van der Waals surface area contributed by atoms with E-state index in [2.05, 4.69) is 5.32 Å². The van der Waals surface area contributed by atoms with E-state index < -0.39 is 12.0 Å². The highest BCUT2D eigenvalue weighted by Gasteiger charge is 2.19. The molecule has 1 rings (SSSR count). The van der Waals surface area contributed by atoms with Crippen LogP contribution in [0.15, 0.2) is 0 Å². The minimum Gasteiger partial charge on any atom is -0.480 e. The maximum absolute atomic E-state index is 10.7. The first-order valence-electron chi connectivity index (χ1n) is 5.66. The van der Waals surface area contributed by atoms with Gasteiger partial charge in [0.25, 0.3) is 0 Å². The van der Waals surface area contributed by atoms with Crippen LogP contribution in [0, 0.1) is 5.92 Å². The maximum Gasteiger partial charge on any atom is 0.326 e. The predicted octanol–water partition coefficient (Wildman–Crippen LogP) is 1.55. The van der Waals surface area contributed by atoms with Crippen LogP contribution in [0.25, 0.3) is 0 Å². The number of aliphatic carboxylic acids is 1. The van der Waals surface area contributed by atoms with Gasteiger partial charge in [-0.2, -0.15) is 0 Å². The molecule has 0 aliphatic heterocycles. The Balaban J connectivity index is 2.25. The summed E-state index contributed by atoms with van der Waals surface area (Å²) >= 11 is 0. The van der Waals surface area contributed by atoms with E-state index in [0.717, 1.165) is 6.42 Å². The zero-order chi connectivity index (χ0) is 11.1. The normalized spacial score (nSPS) is 19.5. The fourth-order valence-corrected chi connectivity index (χ4v) is 2.24. The number of amides is 1. The Kier molecular flexibility index (Phi) is 5.15. The topological polar surface area (TPSA) is 66.4 Å². The molecular formula is C11H19NO3. The van der Waals surface area contributed by atoms with Gasteiger partial charge in [0, 0.05) is 0 Å². The Labute approximate surface area is 90.0 Å². The Morgan fingerprint density at radius 2 is 2.07 bits per heavy atom. The highest BCUT2D eigenvalue weighted by molar-refractivity contribution is 5.76. The monoisotopic (exact) mass is 213 g/mol. The summed E-state index contributed by atoms with van der Waals surface area (Å²) in [5.41, 5.74) is 0. The number of hydrogen-bond acceptors (Lipinski definition) is 2. The van der Waals surface area contributed by atoms with E-state index in [1.54, 1.807) is 0 Å². The van der Waals surface area contributed by atoms with Crippen LogP contribution in [0.4, 0.5) is 0 Å². The number of carbonyl (C=O) groups is 2. The fraction of sp³-hybridized carbons (Fsp3) is 0.818. The van der Waals surface area contributed by atoms with Gasteiger partial charge in [0.15, 0.2) is 0 Å². The van der Waals surface area contributed by atoms with Crippen LogP contribution in [-0.4, -0.2) is 23.5 Å². The number of rotatable bonds is 6. The summed E-state index contributed by atoms with van der Waals surface area (Å²) in [6.07, 6.45) is 8.22. The third-order valence-corrected chi connectivity index (χ3v) is 3.16. The molecule has 86 valence electrons. The van der Waals surface area contributed by atoms with Crippen LogP contribution in [0.3, 0.4) is 0 Å². The van der Waals surface area contributed by atoms with E-state index in [9.17, 15) is 9.59 Å².